The molecule has 1 atom stereocenters. The number of hydrogen-bond donors (Lipinski definition) is 0. The lowest BCUT2D eigenvalue weighted by Crippen LogP contribution is -2.42. The highest BCUT2D eigenvalue weighted by Gasteiger charge is 2.25. The van der Waals surface area contributed by atoms with Gasteiger partial charge in [-0.1, -0.05) is 30.3 Å². The average Bonchev–Trinajstić information content (AvgIpc) is 2.62. The molecule has 1 fully saturated rings. The lowest BCUT2D eigenvalue weighted by Gasteiger charge is -2.33. The van der Waals surface area contributed by atoms with Crippen molar-refractivity contribution in [2.24, 2.45) is 0 Å². The summed E-state index contributed by atoms with van der Waals surface area (Å²) in [6.45, 7) is 1.75. The third kappa shape index (κ3) is 3.12. The van der Waals surface area contributed by atoms with Crippen LogP contribution in [0.4, 0.5) is 0 Å². The van der Waals surface area contributed by atoms with E-state index in [-0.39, 0.29) is 12.0 Å². The van der Waals surface area contributed by atoms with Gasteiger partial charge in [-0.05, 0) is 29.8 Å². The molecular weight excluding hydrogens is 278 g/mol. The summed E-state index contributed by atoms with van der Waals surface area (Å²) in [5, 5.41) is 0. The fourth-order valence-electron chi connectivity index (χ4n) is 2.62. The van der Waals surface area contributed by atoms with Crippen molar-refractivity contribution in [3.05, 3.63) is 65.7 Å². The molecule has 2 aromatic carbocycles. The van der Waals surface area contributed by atoms with E-state index in [0.717, 1.165) is 11.3 Å². The molecule has 0 unspecified atom stereocenters. The molecule has 4 heteroatoms. The van der Waals surface area contributed by atoms with Crippen molar-refractivity contribution in [3.8, 4) is 5.75 Å². The molecule has 4 nitrogen and oxygen atoms in total. The number of hydrogen-bond acceptors (Lipinski definition) is 3. The third-order valence-electron chi connectivity index (χ3n) is 3.86. The summed E-state index contributed by atoms with van der Waals surface area (Å²) in [4.78, 5) is 14.5. The van der Waals surface area contributed by atoms with E-state index in [1.807, 2.05) is 47.4 Å². The van der Waals surface area contributed by atoms with Gasteiger partial charge in [0.1, 0.15) is 11.9 Å². The molecule has 0 spiro atoms. The van der Waals surface area contributed by atoms with Crippen molar-refractivity contribution in [1.29, 1.82) is 0 Å². The summed E-state index contributed by atoms with van der Waals surface area (Å²) < 4.78 is 10.9. The molecule has 1 heterocycles. The van der Waals surface area contributed by atoms with E-state index in [1.165, 1.54) is 0 Å². The van der Waals surface area contributed by atoms with Crippen LogP contribution in [0.3, 0.4) is 0 Å². The van der Waals surface area contributed by atoms with E-state index in [1.54, 1.807) is 19.2 Å². The molecule has 0 aromatic heterocycles. The predicted octanol–water partition coefficient (Wildman–Crippen LogP) is 2.91. The van der Waals surface area contributed by atoms with Gasteiger partial charge >= 0.3 is 0 Å². The number of benzene rings is 2. The Labute approximate surface area is 130 Å². The summed E-state index contributed by atoms with van der Waals surface area (Å²) in [5.41, 5.74) is 1.78. The monoisotopic (exact) mass is 297 g/mol. The number of carbonyl (C=O) groups excluding carboxylic acids is 1. The number of ether oxygens (including phenoxy) is 2. The summed E-state index contributed by atoms with van der Waals surface area (Å²) >= 11 is 0. The van der Waals surface area contributed by atoms with Crippen LogP contribution in [0.2, 0.25) is 0 Å². The van der Waals surface area contributed by atoms with Crippen LogP contribution >= 0.6 is 0 Å². The molecule has 0 aliphatic carbocycles. The van der Waals surface area contributed by atoms with E-state index in [0.29, 0.717) is 25.3 Å². The Morgan fingerprint density at radius 2 is 1.86 bits per heavy atom. The minimum atomic E-state index is -0.0582. The van der Waals surface area contributed by atoms with E-state index >= 15 is 0 Å². The Morgan fingerprint density at radius 1 is 1.14 bits per heavy atom. The predicted molar refractivity (Wildman–Crippen MR) is 84.0 cm³/mol. The lowest BCUT2D eigenvalue weighted by atomic mass is 10.1. The minimum absolute atomic E-state index is 0.0342. The maximum absolute atomic E-state index is 12.6. The fourth-order valence-corrected chi connectivity index (χ4v) is 2.62. The van der Waals surface area contributed by atoms with Crippen LogP contribution in [-0.4, -0.2) is 37.6 Å². The quantitative estimate of drug-likeness (QED) is 0.874. The Hall–Kier alpha value is -2.33. The van der Waals surface area contributed by atoms with Crippen molar-refractivity contribution >= 4 is 5.91 Å². The van der Waals surface area contributed by atoms with Crippen molar-refractivity contribution in [3.63, 3.8) is 0 Å². The number of carbonyl (C=O) groups is 1. The summed E-state index contributed by atoms with van der Waals surface area (Å²) in [5.74, 6) is 0.785. The highest BCUT2D eigenvalue weighted by atomic mass is 16.5. The molecule has 1 aliphatic heterocycles. The van der Waals surface area contributed by atoms with Crippen LogP contribution in [0, 0.1) is 0 Å². The standard InChI is InChI=1S/C18H19NO3/c1-21-16-9-7-15(8-10-16)18(20)19-11-12-22-17(13-19)14-5-3-2-4-6-14/h2-10,17H,11-13H2,1H3/t17-/m0/s1. The van der Waals surface area contributed by atoms with E-state index in [9.17, 15) is 4.79 Å². The van der Waals surface area contributed by atoms with Gasteiger partial charge in [0.2, 0.25) is 0 Å². The zero-order valence-electron chi connectivity index (χ0n) is 12.6. The first-order valence-corrected chi connectivity index (χ1v) is 7.38. The van der Waals surface area contributed by atoms with Gasteiger partial charge in [-0.3, -0.25) is 4.79 Å². The molecule has 1 aliphatic rings. The van der Waals surface area contributed by atoms with E-state index in [4.69, 9.17) is 9.47 Å². The van der Waals surface area contributed by atoms with Gasteiger partial charge in [0.25, 0.3) is 5.91 Å². The Balaban J connectivity index is 1.72. The van der Waals surface area contributed by atoms with Gasteiger partial charge in [-0.2, -0.15) is 0 Å². The van der Waals surface area contributed by atoms with Gasteiger partial charge in [0.15, 0.2) is 0 Å². The number of rotatable bonds is 3. The largest absolute Gasteiger partial charge is 0.497 e. The molecule has 3 rings (SSSR count). The van der Waals surface area contributed by atoms with Crippen LogP contribution in [-0.2, 0) is 4.74 Å². The van der Waals surface area contributed by atoms with Gasteiger partial charge in [-0.25, -0.2) is 0 Å². The number of methoxy groups -OCH3 is 1. The Bertz CT molecular complexity index is 625. The SMILES string of the molecule is COc1ccc(C(=O)N2CCO[C@H](c3ccccc3)C2)cc1. The highest BCUT2D eigenvalue weighted by Crippen LogP contribution is 2.23. The van der Waals surface area contributed by atoms with Crippen LogP contribution in [0.1, 0.15) is 22.0 Å². The van der Waals surface area contributed by atoms with Gasteiger partial charge in [0.05, 0.1) is 20.3 Å². The van der Waals surface area contributed by atoms with Crippen molar-refractivity contribution in [1.82, 2.24) is 4.90 Å². The van der Waals surface area contributed by atoms with Crippen LogP contribution in [0.25, 0.3) is 0 Å². The first-order chi connectivity index (χ1) is 10.8. The van der Waals surface area contributed by atoms with E-state index in [2.05, 4.69) is 0 Å². The molecular formula is C18H19NO3. The second kappa shape index (κ2) is 6.62. The summed E-state index contributed by atoms with van der Waals surface area (Å²) in [6, 6.07) is 17.2. The molecule has 0 bridgehead atoms. The lowest BCUT2D eigenvalue weighted by molar-refractivity contribution is -0.0228. The average molecular weight is 297 g/mol. The normalized spacial score (nSPS) is 18.0. The van der Waals surface area contributed by atoms with Crippen molar-refractivity contribution < 1.29 is 14.3 Å². The molecule has 1 amide bonds. The van der Waals surface area contributed by atoms with Crippen LogP contribution in [0.5, 0.6) is 5.75 Å². The van der Waals surface area contributed by atoms with Crippen LogP contribution < -0.4 is 4.74 Å². The zero-order valence-corrected chi connectivity index (χ0v) is 12.6. The van der Waals surface area contributed by atoms with Gasteiger partial charge in [-0.15, -0.1) is 0 Å². The molecule has 1 saturated heterocycles. The zero-order chi connectivity index (χ0) is 15.4. The smallest absolute Gasteiger partial charge is 0.254 e. The Morgan fingerprint density at radius 3 is 2.55 bits per heavy atom. The molecule has 22 heavy (non-hydrogen) atoms. The summed E-state index contributed by atoms with van der Waals surface area (Å²) in [6.07, 6.45) is -0.0582. The van der Waals surface area contributed by atoms with E-state index < -0.39 is 0 Å². The van der Waals surface area contributed by atoms with Gasteiger partial charge < -0.3 is 14.4 Å². The molecule has 0 saturated carbocycles. The van der Waals surface area contributed by atoms with Crippen molar-refractivity contribution in [2.45, 2.75) is 6.10 Å². The van der Waals surface area contributed by atoms with Gasteiger partial charge in [0, 0.05) is 12.1 Å². The molecule has 0 radical (unpaired) electrons. The number of nitrogens with zero attached hydrogens (tertiary/aromatic N) is 1. The maximum Gasteiger partial charge on any atom is 0.254 e. The first kappa shape index (κ1) is 14.6. The van der Waals surface area contributed by atoms with Crippen molar-refractivity contribution in [2.75, 3.05) is 26.8 Å². The number of amides is 1. The Kier molecular flexibility index (Phi) is 4.39. The molecule has 0 N–H and O–H groups in total. The third-order valence-corrected chi connectivity index (χ3v) is 3.86. The number of morpholine rings is 1. The maximum atomic E-state index is 12.6. The second-order valence-electron chi connectivity index (χ2n) is 5.25. The molecule has 114 valence electrons. The first-order valence-electron chi connectivity index (χ1n) is 7.38. The highest BCUT2D eigenvalue weighted by molar-refractivity contribution is 5.94. The fraction of sp³-hybridized carbons (Fsp3) is 0.278. The minimum Gasteiger partial charge on any atom is -0.497 e. The van der Waals surface area contributed by atoms with Crippen LogP contribution in [0.15, 0.2) is 54.6 Å². The molecule has 2 aromatic rings. The topological polar surface area (TPSA) is 38.8 Å². The summed E-state index contributed by atoms with van der Waals surface area (Å²) in [7, 11) is 1.61. The second-order valence-corrected chi connectivity index (χ2v) is 5.25.